The highest BCUT2D eigenvalue weighted by Gasteiger charge is 1.89. The maximum Gasteiger partial charge on any atom is -0.00773 e. The molecule has 0 aromatic heterocycles. The molecule has 0 aliphatic rings. The molecule has 0 aromatic carbocycles. The van der Waals surface area contributed by atoms with Gasteiger partial charge in [-0.2, -0.15) is 0 Å². The number of allylic oxidation sites excluding steroid dienone is 2. The van der Waals surface area contributed by atoms with Crippen molar-refractivity contribution in [2.75, 3.05) is 6.54 Å². The van der Waals surface area contributed by atoms with Crippen molar-refractivity contribution in [1.82, 2.24) is 0 Å². The van der Waals surface area contributed by atoms with E-state index in [0.29, 0.717) is 0 Å². The van der Waals surface area contributed by atoms with Gasteiger partial charge in [0, 0.05) is 0 Å². The molecule has 1 heteroatoms. The van der Waals surface area contributed by atoms with Crippen molar-refractivity contribution in [2.24, 2.45) is 5.73 Å². The van der Waals surface area contributed by atoms with E-state index in [2.05, 4.69) is 19.1 Å². The summed E-state index contributed by atoms with van der Waals surface area (Å²) in [5.41, 5.74) is 5.45. The van der Waals surface area contributed by atoms with Crippen molar-refractivity contribution < 1.29 is 0 Å². The van der Waals surface area contributed by atoms with E-state index in [1.807, 2.05) is 0 Å². The Balaban J connectivity index is 2.99. The summed E-state index contributed by atoms with van der Waals surface area (Å²) in [6.45, 7) is 3.13. The van der Waals surface area contributed by atoms with Crippen molar-refractivity contribution in [3.05, 3.63) is 12.2 Å². The molecule has 0 spiro atoms. The summed E-state index contributed by atoms with van der Waals surface area (Å²) in [5.74, 6) is 0. The molecule has 17 heavy (non-hydrogen) atoms. The molecular weight excluding hydrogens is 206 g/mol. The summed E-state index contributed by atoms with van der Waals surface area (Å²) in [6.07, 6.45) is 20.9. The quantitative estimate of drug-likeness (QED) is 0.347. The molecule has 0 bridgehead atoms. The van der Waals surface area contributed by atoms with Crippen LogP contribution in [0, 0.1) is 0 Å². The number of unbranched alkanes of at least 4 members (excludes halogenated alkanes) is 10. The lowest BCUT2D eigenvalue weighted by Gasteiger charge is -1.99. The van der Waals surface area contributed by atoms with Crippen molar-refractivity contribution in [3.8, 4) is 0 Å². The molecule has 0 saturated heterocycles. The molecule has 2 N–H and O–H groups in total. The van der Waals surface area contributed by atoms with Gasteiger partial charge in [0.25, 0.3) is 0 Å². The smallest absolute Gasteiger partial charge is 0.00773 e. The third-order valence-corrected chi connectivity index (χ3v) is 3.22. The first-order valence-corrected chi connectivity index (χ1v) is 7.77. The molecule has 0 aromatic rings. The lowest BCUT2D eigenvalue weighted by molar-refractivity contribution is 0.592. The Hall–Kier alpha value is -0.300. The molecule has 0 fully saturated rings. The Morgan fingerprint density at radius 3 is 1.65 bits per heavy atom. The number of nitrogens with two attached hydrogens (primary N) is 1. The first kappa shape index (κ1) is 16.7. The molecule has 0 radical (unpaired) electrons. The molecule has 0 aliphatic carbocycles. The van der Waals surface area contributed by atoms with E-state index < -0.39 is 0 Å². The summed E-state index contributed by atoms with van der Waals surface area (Å²) in [4.78, 5) is 0. The van der Waals surface area contributed by atoms with Crippen LogP contribution in [-0.4, -0.2) is 6.54 Å². The van der Waals surface area contributed by atoms with Crippen LogP contribution in [0.3, 0.4) is 0 Å². The second kappa shape index (κ2) is 15.7. The molecule has 102 valence electrons. The van der Waals surface area contributed by atoms with Gasteiger partial charge in [0.15, 0.2) is 0 Å². The van der Waals surface area contributed by atoms with E-state index in [9.17, 15) is 0 Å². The van der Waals surface area contributed by atoms with Crippen molar-refractivity contribution in [3.63, 3.8) is 0 Å². The fourth-order valence-electron chi connectivity index (χ4n) is 2.04. The van der Waals surface area contributed by atoms with Gasteiger partial charge in [-0.05, 0) is 38.6 Å². The molecule has 0 rings (SSSR count). The lowest BCUT2D eigenvalue weighted by atomic mass is 10.1. The molecule has 0 saturated carbocycles. The van der Waals surface area contributed by atoms with Crippen LogP contribution in [0.25, 0.3) is 0 Å². The van der Waals surface area contributed by atoms with Crippen molar-refractivity contribution >= 4 is 0 Å². The van der Waals surface area contributed by atoms with Crippen LogP contribution in [-0.2, 0) is 0 Å². The molecule has 0 aliphatic heterocycles. The van der Waals surface area contributed by atoms with Gasteiger partial charge in [-0.15, -0.1) is 0 Å². The Kier molecular flexibility index (Phi) is 15.4. The van der Waals surface area contributed by atoms with Crippen LogP contribution in [0.2, 0.25) is 0 Å². The predicted molar refractivity (Wildman–Crippen MR) is 79.3 cm³/mol. The van der Waals surface area contributed by atoms with E-state index >= 15 is 0 Å². The SMILES string of the molecule is CCCCCCCCCC=CCCCCCN. The van der Waals surface area contributed by atoms with Gasteiger partial charge in [-0.1, -0.05) is 64.0 Å². The lowest BCUT2D eigenvalue weighted by Crippen LogP contribution is -1.97. The summed E-state index contributed by atoms with van der Waals surface area (Å²) >= 11 is 0. The first-order valence-electron chi connectivity index (χ1n) is 7.77. The highest BCUT2D eigenvalue weighted by Crippen LogP contribution is 2.09. The number of hydrogen-bond donors (Lipinski definition) is 1. The van der Waals surface area contributed by atoms with E-state index in [0.717, 1.165) is 6.54 Å². The maximum absolute atomic E-state index is 5.45. The van der Waals surface area contributed by atoms with Gasteiger partial charge >= 0.3 is 0 Å². The van der Waals surface area contributed by atoms with Crippen molar-refractivity contribution in [2.45, 2.75) is 84.0 Å². The Morgan fingerprint density at radius 2 is 1.12 bits per heavy atom. The molecular formula is C16H33N. The van der Waals surface area contributed by atoms with Crippen LogP contribution >= 0.6 is 0 Å². The molecule has 0 unspecified atom stereocenters. The fourth-order valence-corrected chi connectivity index (χ4v) is 2.04. The Morgan fingerprint density at radius 1 is 0.647 bits per heavy atom. The fraction of sp³-hybridized carbons (Fsp3) is 0.875. The zero-order valence-electron chi connectivity index (χ0n) is 11.9. The summed E-state index contributed by atoms with van der Waals surface area (Å²) in [7, 11) is 0. The van der Waals surface area contributed by atoms with Crippen LogP contribution in [0.15, 0.2) is 12.2 Å². The number of rotatable bonds is 13. The average Bonchev–Trinajstić information content (AvgIpc) is 2.35. The predicted octanol–water partition coefficient (Wildman–Crippen LogP) is 5.20. The van der Waals surface area contributed by atoms with Gasteiger partial charge in [0.1, 0.15) is 0 Å². The van der Waals surface area contributed by atoms with Gasteiger partial charge < -0.3 is 5.73 Å². The standard InChI is InChI=1S/C16H33N/c1-2-3-4-5-6-7-8-9-10-11-12-13-14-15-16-17/h10-11H,2-9,12-17H2,1H3. The van der Waals surface area contributed by atoms with Crippen LogP contribution in [0.4, 0.5) is 0 Å². The monoisotopic (exact) mass is 239 g/mol. The second-order valence-corrected chi connectivity index (χ2v) is 5.02. The maximum atomic E-state index is 5.45. The normalized spacial score (nSPS) is 11.4. The second-order valence-electron chi connectivity index (χ2n) is 5.02. The zero-order chi connectivity index (χ0) is 12.6. The average molecular weight is 239 g/mol. The topological polar surface area (TPSA) is 26.0 Å². The third kappa shape index (κ3) is 15.7. The van der Waals surface area contributed by atoms with Gasteiger partial charge in [-0.25, -0.2) is 0 Å². The summed E-state index contributed by atoms with van der Waals surface area (Å²) in [5, 5.41) is 0. The molecule has 0 heterocycles. The van der Waals surface area contributed by atoms with Gasteiger partial charge in [-0.3, -0.25) is 0 Å². The number of hydrogen-bond acceptors (Lipinski definition) is 1. The summed E-state index contributed by atoms with van der Waals surface area (Å²) < 4.78 is 0. The van der Waals surface area contributed by atoms with E-state index in [-0.39, 0.29) is 0 Å². The third-order valence-electron chi connectivity index (χ3n) is 3.22. The van der Waals surface area contributed by atoms with Crippen molar-refractivity contribution in [1.29, 1.82) is 0 Å². The Labute approximate surface area is 109 Å². The highest BCUT2D eigenvalue weighted by atomic mass is 14.5. The van der Waals surface area contributed by atoms with E-state index in [1.54, 1.807) is 0 Å². The minimum absolute atomic E-state index is 0.849. The summed E-state index contributed by atoms with van der Waals surface area (Å²) in [6, 6.07) is 0. The Bertz CT molecular complexity index is 152. The van der Waals surface area contributed by atoms with E-state index in [1.165, 1.54) is 77.0 Å². The van der Waals surface area contributed by atoms with Crippen LogP contribution in [0.5, 0.6) is 0 Å². The van der Waals surface area contributed by atoms with Crippen LogP contribution < -0.4 is 5.73 Å². The van der Waals surface area contributed by atoms with Gasteiger partial charge in [0.2, 0.25) is 0 Å². The minimum Gasteiger partial charge on any atom is -0.330 e. The highest BCUT2D eigenvalue weighted by molar-refractivity contribution is 4.81. The molecule has 0 atom stereocenters. The van der Waals surface area contributed by atoms with Crippen LogP contribution in [0.1, 0.15) is 84.0 Å². The minimum atomic E-state index is 0.849. The largest absolute Gasteiger partial charge is 0.330 e. The zero-order valence-corrected chi connectivity index (χ0v) is 11.9. The molecule has 0 amide bonds. The molecule has 1 nitrogen and oxygen atoms in total. The first-order chi connectivity index (χ1) is 8.41. The van der Waals surface area contributed by atoms with Gasteiger partial charge in [0.05, 0.1) is 0 Å². The van der Waals surface area contributed by atoms with E-state index in [4.69, 9.17) is 5.73 Å².